The molecule has 19 heavy (non-hydrogen) atoms. The molecule has 0 atom stereocenters. The molecule has 1 amide bonds. The van der Waals surface area contributed by atoms with Gasteiger partial charge in [0.2, 0.25) is 0 Å². The number of methoxy groups -OCH3 is 1. The van der Waals surface area contributed by atoms with Crippen molar-refractivity contribution in [2.24, 2.45) is 0 Å². The summed E-state index contributed by atoms with van der Waals surface area (Å²) in [7, 11) is 1.12. The van der Waals surface area contributed by atoms with Crippen molar-refractivity contribution >= 4 is 52.6 Å². The Balaban J connectivity index is 5.37. The van der Waals surface area contributed by atoms with E-state index in [0.29, 0.717) is 0 Å². The van der Waals surface area contributed by atoms with Crippen LogP contribution in [0.3, 0.4) is 0 Å². The molecule has 0 heterocycles. The van der Waals surface area contributed by atoms with Crippen molar-refractivity contribution in [1.29, 1.82) is 0 Å². The highest BCUT2D eigenvalue weighted by atomic mass is 35.6. The minimum Gasteiger partial charge on any atom is -0.466 e. The Kier molecular flexibility index (Phi) is 7.18. The summed E-state index contributed by atoms with van der Waals surface area (Å²) in [6.45, 7) is 2.86. The Hall–Kier alpha value is -0.980. The number of hydrogen-bond acceptors (Lipinski definition) is 5. The van der Waals surface area contributed by atoms with E-state index < -0.39 is 27.3 Å². The monoisotopic (exact) mass is 331 g/mol. The van der Waals surface area contributed by atoms with Crippen molar-refractivity contribution in [3.63, 3.8) is 0 Å². The number of nitrogens with one attached hydrogen (secondary N) is 1. The molecule has 0 aliphatic carbocycles. The number of ether oxygens (including phenoxy) is 2. The number of amides is 1. The van der Waals surface area contributed by atoms with E-state index in [-0.39, 0.29) is 12.2 Å². The number of carbonyl (C=O) groups is 3. The van der Waals surface area contributed by atoms with E-state index in [1.807, 2.05) is 5.32 Å². The van der Waals surface area contributed by atoms with Gasteiger partial charge in [0.05, 0.1) is 19.3 Å². The van der Waals surface area contributed by atoms with Gasteiger partial charge in [0, 0.05) is 0 Å². The normalized spacial score (nSPS) is 12.3. The van der Waals surface area contributed by atoms with Crippen LogP contribution in [0.25, 0.3) is 0 Å². The second kappa shape index (κ2) is 7.57. The number of halogens is 3. The summed E-state index contributed by atoms with van der Waals surface area (Å²) in [5.41, 5.74) is -0.617. The Labute approximate surface area is 125 Å². The summed E-state index contributed by atoms with van der Waals surface area (Å²) in [6, 6.07) is 0. The Morgan fingerprint density at radius 3 is 2.05 bits per heavy atom. The fourth-order valence-electron chi connectivity index (χ4n) is 0.941. The fraction of sp³-hybridized carbons (Fsp3) is 0.500. The molecule has 9 heteroatoms. The van der Waals surface area contributed by atoms with Gasteiger partial charge in [-0.05, 0) is 13.8 Å². The van der Waals surface area contributed by atoms with Gasteiger partial charge in [-0.15, -0.1) is 0 Å². The summed E-state index contributed by atoms with van der Waals surface area (Å²) in [4.78, 5) is 34.5. The highest BCUT2D eigenvalue weighted by molar-refractivity contribution is 6.76. The van der Waals surface area contributed by atoms with E-state index in [2.05, 4.69) is 9.47 Å². The first-order valence-corrected chi connectivity index (χ1v) is 6.13. The average Bonchev–Trinajstić information content (AvgIpc) is 2.32. The summed E-state index contributed by atoms with van der Waals surface area (Å²) in [5, 5.41) is 2.03. The Morgan fingerprint density at radius 1 is 1.16 bits per heavy atom. The molecule has 0 spiro atoms. The third kappa shape index (κ3) is 5.67. The van der Waals surface area contributed by atoms with Gasteiger partial charge in [-0.2, -0.15) is 0 Å². The summed E-state index contributed by atoms with van der Waals surface area (Å²) >= 11 is 16.1. The van der Waals surface area contributed by atoms with Crippen molar-refractivity contribution in [1.82, 2.24) is 5.32 Å². The minimum atomic E-state index is -2.28. The predicted octanol–water partition coefficient (Wildman–Crippen LogP) is 1.48. The van der Waals surface area contributed by atoms with Crippen LogP contribution in [-0.2, 0) is 23.9 Å². The molecule has 0 aromatic heterocycles. The van der Waals surface area contributed by atoms with Crippen LogP contribution in [0.1, 0.15) is 13.8 Å². The van der Waals surface area contributed by atoms with Crippen molar-refractivity contribution in [2.75, 3.05) is 13.7 Å². The zero-order valence-electron chi connectivity index (χ0n) is 10.4. The molecule has 0 saturated heterocycles. The van der Waals surface area contributed by atoms with E-state index in [0.717, 1.165) is 7.11 Å². The molecular formula is C10H12Cl3NO5. The second-order valence-electron chi connectivity index (χ2n) is 3.16. The molecule has 0 aromatic carbocycles. The van der Waals surface area contributed by atoms with Crippen molar-refractivity contribution in [3.8, 4) is 0 Å². The lowest BCUT2D eigenvalue weighted by molar-refractivity contribution is -0.141. The van der Waals surface area contributed by atoms with Gasteiger partial charge < -0.3 is 14.8 Å². The molecular weight excluding hydrogens is 320 g/mol. The summed E-state index contributed by atoms with van der Waals surface area (Å²) in [5.74, 6) is -2.86. The largest absolute Gasteiger partial charge is 0.466 e. The minimum absolute atomic E-state index is 0.0421. The van der Waals surface area contributed by atoms with Gasteiger partial charge in [-0.1, -0.05) is 34.8 Å². The molecule has 0 fully saturated rings. The molecule has 0 aromatic rings. The van der Waals surface area contributed by atoms with E-state index >= 15 is 0 Å². The van der Waals surface area contributed by atoms with Crippen LogP contribution < -0.4 is 5.32 Å². The van der Waals surface area contributed by atoms with Gasteiger partial charge in [-0.3, -0.25) is 4.79 Å². The average molecular weight is 333 g/mol. The zero-order chi connectivity index (χ0) is 15.2. The third-order valence-corrected chi connectivity index (χ3v) is 2.36. The standard InChI is InChI=1S/C10H12Cl3NO5/c1-4-19-8(16)6(5(2)7(15)18-3)14-9(17)10(11,12)13/h4H2,1-3H3,(H,14,17)/b6-5+. The van der Waals surface area contributed by atoms with Crippen LogP contribution in [0.2, 0.25) is 0 Å². The van der Waals surface area contributed by atoms with Crippen LogP contribution in [0, 0.1) is 0 Å². The van der Waals surface area contributed by atoms with Crippen LogP contribution >= 0.6 is 34.8 Å². The van der Waals surface area contributed by atoms with E-state index in [1.54, 1.807) is 6.92 Å². The molecule has 1 N–H and O–H groups in total. The first-order valence-electron chi connectivity index (χ1n) is 4.99. The van der Waals surface area contributed by atoms with Gasteiger partial charge >= 0.3 is 11.9 Å². The topological polar surface area (TPSA) is 81.7 Å². The molecule has 0 unspecified atom stereocenters. The van der Waals surface area contributed by atoms with Gasteiger partial charge in [0.15, 0.2) is 0 Å². The second-order valence-corrected chi connectivity index (χ2v) is 5.45. The molecule has 0 radical (unpaired) electrons. The SMILES string of the molecule is CCOC(=O)/C(NC(=O)C(Cl)(Cl)Cl)=C(/C)C(=O)OC. The van der Waals surface area contributed by atoms with Gasteiger partial charge in [0.1, 0.15) is 5.70 Å². The zero-order valence-corrected chi connectivity index (χ0v) is 12.7. The highest BCUT2D eigenvalue weighted by Gasteiger charge is 2.33. The molecule has 0 aliphatic rings. The quantitative estimate of drug-likeness (QED) is 0.479. The molecule has 0 aliphatic heterocycles. The van der Waals surface area contributed by atoms with Crippen LogP contribution in [-0.4, -0.2) is 35.4 Å². The molecule has 0 rings (SSSR count). The molecule has 0 saturated carbocycles. The number of carbonyl (C=O) groups excluding carboxylic acids is 3. The van der Waals surface area contributed by atoms with E-state index in [4.69, 9.17) is 34.8 Å². The predicted molar refractivity (Wildman–Crippen MR) is 69.8 cm³/mol. The summed E-state index contributed by atoms with van der Waals surface area (Å²) in [6.07, 6.45) is 0. The third-order valence-electron chi connectivity index (χ3n) is 1.84. The Morgan fingerprint density at radius 2 is 1.68 bits per heavy atom. The molecule has 6 nitrogen and oxygen atoms in total. The van der Waals surface area contributed by atoms with E-state index in [9.17, 15) is 14.4 Å². The lowest BCUT2D eigenvalue weighted by Crippen LogP contribution is -2.38. The number of rotatable bonds is 4. The van der Waals surface area contributed by atoms with Gasteiger partial charge in [0.25, 0.3) is 9.70 Å². The lowest BCUT2D eigenvalue weighted by atomic mass is 10.2. The first-order chi connectivity index (χ1) is 8.65. The van der Waals surface area contributed by atoms with Crippen molar-refractivity contribution in [2.45, 2.75) is 17.6 Å². The molecule has 0 bridgehead atoms. The number of esters is 2. The van der Waals surface area contributed by atoms with Crippen LogP contribution in [0.4, 0.5) is 0 Å². The van der Waals surface area contributed by atoms with Crippen molar-refractivity contribution in [3.05, 3.63) is 11.3 Å². The maximum Gasteiger partial charge on any atom is 0.355 e. The molecule has 108 valence electrons. The van der Waals surface area contributed by atoms with Crippen LogP contribution in [0.5, 0.6) is 0 Å². The Bertz CT molecular complexity index is 414. The van der Waals surface area contributed by atoms with E-state index in [1.165, 1.54) is 6.92 Å². The number of alkyl halides is 3. The highest BCUT2D eigenvalue weighted by Crippen LogP contribution is 2.26. The van der Waals surface area contributed by atoms with Crippen molar-refractivity contribution < 1.29 is 23.9 Å². The van der Waals surface area contributed by atoms with Gasteiger partial charge in [-0.25, -0.2) is 9.59 Å². The summed E-state index contributed by atoms with van der Waals surface area (Å²) < 4.78 is 6.83. The number of hydrogen-bond donors (Lipinski definition) is 1. The smallest absolute Gasteiger partial charge is 0.355 e. The fourth-order valence-corrected chi connectivity index (χ4v) is 1.08. The van der Waals surface area contributed by atoms with Crippen LogP contribution in [0.15, 0.2) is 11.3 Å². The maximum absolute atomic E-state index is 11.6. The lowest BCUT2D eigenvalue weighted by Gasteiger charge is -2.15. The first kappa shape index (κ1) is 18.0. The maximum atomic E-state index is 11.6.